The molecular formula is C19H24ClN3. The number of halogens is 1. The number of nitrogens with zero attached hydrogens (tertiary/aromatic N) is 2. The van der Waals surface area contributed by atoms with Crippen LogP contribution in [0.1, 0.15) is 23.6 Å². The normalized spacial score (nSPS) is 17.0. The summed E-state index contributed by atoms with van der Waals surface area (Å²) in [7, 11) is 6.27. The third-order valence-corrected chi connectivity index (χ3v) is 4.93. The maximum absolute atomic E-state index is 6.44. The van der Waals surface area contributed by atoms with E-state index < -0.39 is 0 Å². The zero-order valence-electron chi connectivity index (χ0n) is 14.0. The summed E-state index contributed by atoms with van der Waals surface area (Å²) in [5.74, 6) is 0. The molecule has 1 atom stereocenters. The van der Waals surface area contributed by atoms with Crippen molar-refractivity contribution in [1.82, 2.24) is 5.32 Å². The average Bonchev–Trinajstić information content (AvgIpc) is 2.55. The fourth-order valence-electron chi connectivity index (χ4n) is 3.31. The van der Waals surface area contributed by atoms with Gasteiger partial charge in [0.25, 0.3) is 0 Å². The van der Waals surface area contributed by atoms with Crippen LogP contribution < -0.4 is 15.1 Å². The lowest BCUT2D eigenvalue weighted by atomic mass is 9.96. The van der Waals surface area contributed by atoms with Gasteiger partial charge in [0.1, 0.15) is 0 Å². The molecule has 1 aliphatic heterocycles. The van der Waals surface area contributed by atoms with Crippen molar-refractivity contribution in [3.63, 3.8) is 0 Å². The molecule has 0 saturated carbocycles. The Hall–Kier alpha value is -1.71. The van der Waals surface area contributed by atoms with Gasteiger partial charge in [0, 0.05) is 62.2 Å². The van der Waals surface area contributed by atoms with Crippen molar-refractivity contribution in [2.75, 3.05) is 37.5 Å². The SMILES string of the molecule is CN(C)c1cccc(Cl)c1CNC1CCN(C)c2ccccc21. The van der Waals surface area contributed by atoms with Crippen LogP contribution in [0.4, 0.5) is 11.4 Å². The molecule has 0 fully saturated rings. The van der Waals surface area contributed by atoms with E-state index in [-0.39, 0.29) is 0 Å². The molecule has 1 N–H and O–H groups in total. The van der Waals surface area contributed by atoms with Crippen LogP contribution in [0.25, 0.3) is 0 Å². The number of hydrogen-bond donors (Lipinski definition) is 1. The van der Waals surface area contributed by atoms with Gasteiger partial charge in [0.2, 0.25) is 0 Å². The summed E-state index contributed by atoms with van der Waals surface area (Å²) in [6.07, 6.45) is 1.11. The highest BCUT2D eigenvalue weighted by atomic mass is 35.5. The van der Waals surface area contributed by atoms with Crippen molar-refractivity contribution >= 4 is 23.0 Å². The lowest BCUT2D eigenvalue weighted by molar-refractivity contribution is 0.484. The fourth-order valence-corrected chi connectivity index (χ4v) is 3.54. The van der Waals surface area contributed by atoms with Crippen LogP contribution in [-0.4, -0.2) is 27.7 Å². The third-order valence-electron chi connectivity index (χ3n) is 4.58. The molecule has 23 heavy (non-hydrogen) atoms. The minimum absolute atomic E-state index is 0.369. The maximum Gasteiger partial charge on any atom is 0.0471 e. The van der Waals surface area contributed by atoms with E-state index in [4.69, 9.17) is 11.6 Å². The Balaban J connectivity index is 1.81. The first kappa shape index (κ1) is 16.2. The standard InChI is InChI=1S/C19H24ClN3/c1-22(2)18-10-6-8-16(20)15(18)13-21-17-11-12-23(3)19-9-5-4-7-14(17)19/h4-10,17,21H,11-13H2,1-3H3. The van der Waals surface area contributed by atoms with E-state index in [0.717, 1.165) is 30.1 Å². The molecule has 0 aliphatic carbocycles. The van der Waals surface area contributed by atoms with E-state index in [0.29, 0.717) is 6.04 Å². The van der Waals surface area contributed by atoms with Crippen LogP contribution in [0.15, 0.2) is 42.5 Å². The van der Waals surface area contributed by atoms with E-state index in [1.807, 2.05) is 12.1 Å². The second-order valence-electron chi connectivity index (χ2n) is 6.33. The largest absolute Gasteiger partial charge is 0.377 e. The average molecular weight is 330 g/mol. The van der Waals surface area contributed by atoms with E-state index in [9.17, 15) is 0 Å². The van der Waals surface area contributed by atoms with Gasteiger partial charge in [-0.1, -0.05) is 35.9 Å². The topological polar surface area (TPSA) is 18.5 Å². The van der Waals surface area contributed by atoms with Crippen LogP contribution >= 0.6 is 11.6 Å². The first-order valence-corrected chi connectivity index (χ1v) is 8.44. The zero-order valence-corrected chi connectivity index (χ0v) is 14.8. The first-order valence-electron chi connectivity index (χ1n) is 8.06. The third kappa shape index (κ3) is 3.31. The van der Waals surface area contributed by atoms with Gasteiger partial charge in [-0.3, -0.25) is 0 Å². The lowest BCUT2D eigenvalue weighted by Crippen LogP contribution is -2.33. The fraction of sp³-hybridized carbons (Fsp3) is 0.368. The second kappa shape index (κ2) is 6.81. The predicted molar refractivity (Wildman–Crippen MR) is 99.7 cm³/mol. The molecule has 3 rings (SSSR count). The van der Waals surface area contributed by atoms with Gasteiger partial charge >= 0.3 is 0 Å². The molecule has 1 heterocycles. The molecule has 0 radical (unpaired) electrons. The molecule has 3 nitrogen and oxygen atoms in total. The van der Waals surface area contributed by atoms with E-state index in [2.05, 4.69) is 66.6 Å². The Bertz CT molecular complexity index is 684. The number of nitrogens with one attached hydrogen (secondary N) is 1. The van der Waals surface area contributed by atoms with Gasteiger partial charge in [-0.05, 0) is 30.2 Å². The molecule has 0 bridgehead atoms. The number of hydrogen-bond acceptors (Lipinski definition) is 3. The van der Waals surface area contributed by atoms with Crippen LogP contribution in [0, 0.1) is 0 Å². The van der Waals surface area contributed by atoms with Gasteiger partial charge in [-0.15, -0.1) is 0 Å². The smallest absolute Gasteiger partial charge is 0.0471 e. The molecule has 2 aromatic rings. The van der Waals surface area contributed by atoms with Crippen molar-refractivity contribution in [2.45, 2.75) is 19.0 Å². The summed E-state index contributed by atoms with van der Waals surface area (Å²) in [4.78, 5) is 4.44. The lowest BCUT2D eigenvalue weighted by Gasteiger charge is -2.34. The maximum atomic E-state index is 6.44. The van der Waals surface area contributed by atoms with Crippen molar-refractivity contribution in [3.05, 3.63) is 58.6 Å². The highest BCUT2D eigenvalue weighted by molar-refractivity contribution is 6.31. The predicted octanol–water partition coefficient (Wildman–Crippen LogP) is 4.08. The Labute approximate surface area is 143 Å². The molecule has 1 aliphatic rings. The zero-order chi connectivity index (χ0) is 16.4. The molecule has 2 aromatic carbocycles. The quantitative estimate of drug-likeness (QED) is 0.912. The summed E-state index contributed by atoms with van der Waals surface area (Å²) < 4.78 is 0. The van der Waals surface area contributed by atoms with Crippen molar-refractivity contribution < 1.29 is 0 Å². The van der Waals surface area contributed by atoms with Crippen molar-refractivity contribution in [3.8, 4) is 0 Å². The molecule has 122 valence electrons. The summed E-state index contributed by atoms with van der Waals surface area (Å²) in [6.45, 7) is 1.84. The van der Waals surface area contributed by atoms with Gasteiger partial charge in [0.15, 0.2) is 0 Å². The number of anilines is 2. The highest BCUT2D eigenvalue weighted by Crippen LogP contribution is 2.34. The number of fused-ring (bicyclic) bond motifs is 1. The van der Waals surface area contributed by atoms with Crippen molar-refractivity contribution in [1.29, 1.82) is 0 Å². The van der Waals surface area contributed by atoms with Gasteiger partial charge in [0.05, 0.1) is 0 Å². The minimum atomic E-state index is 0.369. The molecule has 4 heteroatoms. The van der Waals surface area contributed by atoms with Gasteiger partial charge in [-0.25, -0.2) is 0 Å². The molecule has 0 saturated heterocycles. The van der Waals surface area contributed by atoms with E-state index >= 15 is 0 Å². The van der Waals surface area contributed by atoms with Crippen LogP contribution in [0.5, 0.6) is 0 Å². The van der Waals surface area contributed by atoms with Gasteiger partial charge < -0.3 is 15.1 Å². The second-order valence-corrected chi connectivity index (χ2v) is 6.74. The number of para-hydroxylation sites is 1. The van der Waals surface area contributed by atoms with E-state index in [1.165, 1.54) is 16.9 Å². The Morgan fingerprint density at radius 1 is 1.17 bits per heavy atom. The van der Waals surface area contributed by atoms with Gasteiger partial charge in [-0.2, -0.15) is 0 Å². The summed E-state index contributed by atoms with van der Waals surface area (Å²) >= 11 is 6.44. The molecule has 0 amide bonds. The Morgan fingerprint density at radius 3 is 2.74 bits per heavy atom. The van der Waals surface area contributed by atoms with Crippen LogP contribution in [-0.2, 0) is 6.54 Å². The summed E-state index contributed by atoms with van der Waals surface area (Å²) in [6, 6.07) is 15.1. The molecule has 1 unspecified atom stereocenters. The minimum Gasteiger partial charge on any atom is -0.377 e. The van der Waals surface area contributed by atoms with E-state index in [1.54, 1.807) is 0 Å². The number of benzene rings is 2. The Kier molecular flexibility index (Phi) is 4.79. The summed E-state index contributed by atoms with van der Waals surface area (Å²) in [5, 5.41) is 4.54. The highest BCUT2D eigenvalue weighted by Gasteiger charge is 2.22. The number of rotatable bonds is 4. The first-order chi connectivity index (χ1) is 11.1. The van der Waals surface area contributed by atoms with Crippen LogP contribution in [0.2, 0.25) is 5.02 Å². The molecule has 0 aromatic heterocycles. The monoisotopic (exact) mass is 329 g/mol. The Morgan fingerprint density at radius 2 is 1.96 bits per heavy atom. The van der Waals surface area contributed by atoms with Crippen molar-refractivity contribution in [2.24, 2.45) is 0 Å². The van der Waals surface area contributed by atoms with Crippen LogP contribution in [0.3, 0.4) is 0 Å². The summed E-state index contributed by atoms with van der Waals surface area (Å²) in [5.41, 5.74) is 5.03. The molecular weight excluding hydrogens is 306 g/mol. The molecule has 0 spiro atoms.